The molecule has 2 aromatic rings. The van der Waals surface area contributed by atoms with Crippen LogP contribution >= 0.6 is 0 Å². The van der Waals surface area contributed by atoms with E-state index in [1.54, 1.807) is 18.2 Å². The molecular weight excluding hydrogens is 360 g/mol. The van der Waals surface area contributed by atoms with Crippen molar-refractivity contribution >= 4 is 15.9 Å². The lowest BCUT2D eigenvalue weighted by molar-refractivity contribution is 0.0950. The SMILES string of the molecule is Cc1cccc(CNC(=O)c2cccc(S(=O)(=O)N3CCC(C)CC3)c2)c1. The van der Waals surface area contributed by atoms with Crippen LogP contribution in [0.15, 0.2) is 53.4 Å². The molecule has 1 saturated heterocycles. The zero-order chi connectivity index (χ0) is 19.4. The smallest absolute Gasteiger partial charge is 0.251 e. The highest BCUT2D eigenvalue weighted by Gasteiger charge is 2.28. The van der Waals surface area contributed by atoms with Gasteiger partial charge in [-0.15, -0.1) is 0 Å². The van der Waals surface area contributed by atoms with Gasteiger partial charge >= 0.3 is 0 Å². The molecule has 144 valence electrons. The number of nitrogens with one attached hydrogen (secondary N) is 1. The first kappa shape index (κ1) is 19.6. The number of sulfonamides is 1. The summed E-state index contributed by atoms with van der Waals surface area (Å²) in [5.74, 6) is 0.274. The van der Waals surface area contributed by atoms with Crippen molar-refractivity contribution in [2.24, 2.45) is 5.92 Å². The first-order chi connectivity index (χ1) is 12.9. The minimum Gasteiger partial charge on any atom is -0.348 e. The van der Waals surface area contributed by atoms with Crippen LogP contribution in [0.3, 0.4) is 0 Å². The molecule has 0 aromatic heterocycles. The molecule has 3 rings (SSSR count). The van der Waals surface area contributed by atoms with Crippen LogP contribution in [0.25, 0.3) is 0 Å². The van der Waals surface area contributed by atoms with E-state index in [0.717, 1.165) is 24.0 Å². The van der Waals surface area contributed by atoms with Gasteiger partial charge in [0.25, 0.3) is 5.91 Å². The molecule has 5 nitrogen and oxygen atoms in total. The zero-order valence-electron chi connectivity index (χ0n) is 15.8. The van der Waals surface area contributed by atoms with E-state index in [2.05, 4.69) is 12.2 Å². The Bertz CT molecular complexity index is 917. The Balaban J connectivity index is 1.71. The van der Waals surface area contributed by atoms with Crippen molar-refractivity contribution < 1.29 is 13.2 Å². The minimum absolute atomic E-state index is 0.181. The maximum Gasteiger partial charge on any atom is 0.251 e. The quantitative estimate of drug-likeness (QED) is 0.857. The van der Waals surface area contributed by atoms with Crippen molar-refractivity contribution in [3.63, 3.8) is 0 Å². The van der Waals surface area contributed by atoms with Gasteiger partial charge in [0.2, 0.25) is 10.0 Å². The fourth-order valence-corrected chi connectivity index (χ4v) is 4.79. The lowest BCUT2D eigenvalue weighted by Crippen LogP contribution is -2.38. The molecule has 0 aliphatic carbocycles. The summed E-state index contributed by atoms with van der Waals surface area (Å²) in [4.78, 5) is 12.7. The third-order valence-electron chi connectivity index (χ3n) is 5.01. The Morgan fingerprint density at radius 2 is 1.81 bits per heavy atom. The molecule has 0 unspecified atom stereocenters. The van der Waals surface area contributed by atoms with Crippen molar-refractivity contribution in [1.29, 1.82) is 0 Å². The average molecular weight is 387 g/mol. The van der Waals surface area contributed by atoms with Crippen LogP contribution in [-0.4, -0.2) is 31.7 Å². The molecule has 0 spiro atoms. The summed E-state index contributed by atoms with van der Waals surface area (Å²) in [6, 6.07) is 14.2. The van der Waals surface area contributed by atoms with E-state index < -0.39 is 10.0 Å². The molecule has 0 radical (unpaired) electrons. The maximum absolute atomic E-state index is 12.9. The molecule has 1 amide bonds. The van der Waals surface area contributed by atoms with Gasteiger partial charge in [0.05, 0.1) is 4.90 Å². The van der Waals surface area contributed by atoms with E-state index in [0.29, 0.717) is 31.1 Å². The van der Waals surface area contributed by atoms with Gasteiger partial charge < -0.3 is 5.32 Å². The summed E-state index contributed by atoms with van der Waals surface area (Å²) in [6.07, 6.45) is 1.74. The highest BCUT2D eigenvalue weighted by Crippen LogP contribution is 2.24. The van der Waals surface area contributed by atoms with E-state index in [1.807, 2.05) is 31.2 Å². The monoisotopic (exact) mass is 386 g/mol. The van der Waals surface area contributed by atoms with Crippen molar-refractivity contribution in [2.45, 2.75) is 38.1 Å². The Kier molecular flexibility index (Phi) is 5.97. The number of benzene rings is 2. The number of hydrogen-bond acceptors (Lipinski definition) is 3. The third kappa shape index (κ3) is 4.76. The lowest BCUT2D eigenvalue weighted by Gasteiger charge is -2.29. The van der Waals surface area contributed by atoms with Crippen molar-refractivity contribution in [3.05, 3.63) is 65.2 Å². The summed E-state index contributed by atoms with van der Waals surface area (Å²) in [7, 11) is -3.56. The molecule has 6 heteroatoms. The molecule has 27 heavy (non-hydrogen) atoms. The summed E-state index contributed by atoms with van der Waals surface area (Å²) in [5.41, 5.74) is 2.49. The van der Waals surface area contributed by atoms with Crippen LogP contribution in [0.1, 0.15) is 41.3 Å². The second kappa shape index (κ2) is 8.23. The molecule has 2 aromatic carbocycles. The van der Waals surface area contributed by atoms with Crippen LogP contribution < -0.4 is 5.32 Å². The second-order valence-electron chi connectivity index (χ2n) is 7.29. The standard InChI is InChI=1S/C21H26N2O3S/c1-16-9-11-23(12-10-16)27(25,26)20-8-4-7-19(14-20)21(24)22-15-18-6-3-5-17(2)13-18/h3-8,13-14,16H,9-12,15H2,1-2H3,(H,22,24). The summed E-state index contributed by atoms with van der Waals surface area (Å²) >= 11 is 0. The molecular formula is C21H26N2O3S. The lowest BCUT2D eigenvalue weighted by atomic mass is 10.0. The maximum atomic E-state index is 12.9. The van der Waals surface area contributed by atoms with Gasteiger partial charge in [0.15, 0.2) is 0 Å². The van der Waals surface area contributed by atoms with Crippen LogP contribution in [0.5, 0.6) is 0 Å². The van der Waals surface area contributed by atoms with Crippen LogP contribution in [-0.2, 0) is 16.6 Å². The summed E-state index contributed by atoms with van der Waals surface area (Å²) in [6.45, 7) is 5.62. The summed E-state index contributed by atoms with van der Waals surface area (Å²) in [5, 5.41) is 2.86. The fraction of sp³-hybridized carbons (Fsp3) is 0.381. The van der Waals surface area contributed by atoms with Gasteiger partial charge in [-0.05, 0) is 49.4 Å². The Morgan fingerprint density at radius 1 is 1.11 bits per heavy atom. The molecule has 0 atom stereocenters. The van der Waals surface area contributed by atoms with Gasteiger partial charge in [-0.1, -0.05) is 42.8 Å². The first-order valence-electron chi connectivity index (χ1n) is 9.30. The Labute approximate surface area is 161 Å². The largest absolute Gasteiger partial charge is 0.348 e. The second-order valence-corrected chi connectivity index (χ2v) is 9.22. The summed E-state index contributed by atoms with van der Waals surface area (Å²) < 4.78 is 27.3. The van der Waals surface area contributed by atoms with Gasteiger partial charge in [-0.2, -0.15) is 4.31 Å². The molecule has 0 saturated carbocycles. The van der Waals surface area contributed by atoms with Crippen LogP contribution in [0, 0.1) is 12.8 Å². The van der Waals surface area contributed by atoms with Gasteiger partial charge in [-0.3, -0.25) is 4.79 Å². The van der Waals surface area contributed by atoms with Crippen molar-refractivity contribution in [2.75, 3.05) is 13.1 Å². The number of nitrogens with zero attached hydrogens (tertiary/aromatic N) is 1. The van der Waals surface area contributed by atoms with Gasteiger partial charge in [-0.25, -0.2) is 8.42 Å². The predicted molar refractivity (Wildman–Crippen MR) is 106 cm³/mol. The molecule has 0 bridgehead atoms. The van der Waals surface area contributed by atoms with Crippen molar-refractivity contribution in [1.82, 2.24) is 9.62 Å². The molecule has 1 N–H and O–H groups in total. The van der Waals surface area contributed by atoms with E-state index in [-0.39, 0.29) is 10.8 Å². The van der Waals surface area contributed by atoms with E-state index >= 15 is 0 Å². The first-order valence-corrected chi connectivity index (χ1v) is 10.7. The molecule has 1 heterocycles. The Hall–Kier alpha value is -2.18. The van der Waals surface area contributed by atoms with Gasteiger partial charge in [0, 0.05) is 25.2 Å². The van der Waals surface area contributed by atoms with E-state index in [4.69, 9.17) is 0 Å². The van der Waals surface area contributed by atoms with Gasteiger partial charge in [0.1, 0.15) is 0 Å². The Morgan fingerprint density at radius 3 is 2.52 bits per heavy atom. The highest BCUT2D eigenvalue weighted by atomic mass is 32.2. The van der Waals surface area contributed by atoms with Crippen LogP contribution in [0.4, 0.5) is 0 Å². The third-order valence-corrected chi connectivity index (χ3v) is 6.91. The minimum atomic E-state index is -3.56. The molecule has 1 aliphatic rings. The fourth-order valence-electron chi connectivity index (χ4n) is 3.28. The van der Waals surface area contributed by atoms with Crippen molar-refractivity contribution in [3.8, 4) is 0 Å². The molecule has 1 aliphatic heterocycles. The number of carbonyl (C=O) groups excluding carboxylic acids is 1. The number of rotatable bonds is 5. The number of aryl methyl sites for hydroxylation is 1. The number of carbonyl (C=O) groups is 1. The van der Waals surface area contributed by atoms with Crippen LogP contribution in [0.2, 0.25) is 0 Å². The van der Waals surface area contributed by atoms with E-state index in [1.165, 1.54) is 10.4 Å². The number of hydrogen-bond donors (Lipinski definition) is 1. The zero-order valence-corrected chi connectivity index (χ0v) is 16.6. The molecule has 1 fully saturated rings. The highest BCUT2D eigenvalue weighted by molar-refractivity contribution is 7.89. The number of piperidine rings is 1. The topological polar surface area (TPSA) is 66.5 Å². The predicted octanol–water partition coefficient (Wildman–Crippen LogP) is 3.35. The van der Waals surface area contributed by atoms with E-state index in [9.17, 15) is 13.2 Å². The average Bonchev–Trinajstić information content (AvgIpc) is 2.66. The normalized spacial score (nSPS) is 16.2. The number of amides is 1.